The Kier molecular flexibility index (Phi) is 10.5. The lowest BCUT2D eigenvalue weighted by molar-refractivity contribution is 0.0513. The summed E-state index contributed by atoms with van der Waals surface area (Å²) in [4.78, 5) is 4.33. The molecule has 32 heavy (non-hydrogen) atoms. The minimum Gasteiger partial charge on any atom is -0.497 e. The summed E-state index contributed by atoms with van der Waals surface area (Å²) < 4.78 is 30.4. The minimum absolute atomic E-state index is 0. The molecule has 0 amide bonds. The highest BCUT2D eigenvalue weighted by Crippen LogP contribution is 2.35. The number of rotatable bonds is 8. The van der Waals surface area contributed by atoms with Gasteiger partial charge in [-0.15, -0.1) is 24.0 Å². The highest BCUT2D eigenvalue weighted by Gasteiger charge is 2.34. The molecule has 0 saturated carbocycles. The van der Waals surface area contributed by atoms with E-state index in [2.05, 4.69) is 27.8 Å². The first-order chi connectivity index (χ1) is 15.1. The molecule has 2 N–H and O–H groups in total. The van der Waals surface area contributed by atoms with Crippen molar-refractivity contribution in [2.24, 2.45) is 4.99 Å². The Labute approximate surface area is 207 Å². The summed E-state index contributed by atoms with van der Waals surface area (Å²) >= 11 is 0. The van der Waals surface area contributed by atoms with Gasteiger partial charge in [-0.3, -0.25) is 4.99 Å². The molecule has 0 bridgehead atoms. The maximum atomic E-state index is 13.8. The molecule has 1 atom stereocenters. The van der Waals surface area contributed by atoms with Gasteiger partial charge >= 0.3 is 0 Å². The Morgan fingerprint density at radius 3 is 2.44 bits per heavy atom. The van der Waals surface area contributed by atoms with Crippen LogP contribution in [-0.4, -0.2) is 52.5 Å². The number of nitrogens with zero attached hydrogens (tertiary/aromatic N) is 1. The van der Waals surface area contributed by atoms with Crippen LogP contribution >= 0.6 is 24.0 Å². The summed E-state index contributed by atoms with van der Waals surface area (Å²) in [5, 5.41) is 6.74. The van der Waals surface area contributed by atoms with Crippen LogP contribution in [0.15, 0.2) is 53.5 Å². The number of aliphatic imine (C=N–C) groups is 1. The predicted molar refractivity (Wildman–Crippen MR) is 136 cm³/mol. The van der Waals surface area contributed by atoms with Gasteiger partial charge in [-0.2, -0.15) is 0 Å². The van der Waals surface area contributed by atoms with Gasteiger partial charge in [-0.25, -0.2) is 4.39 Å². The van der Waals surface area contributed by atoms with Crippen LogP contribution in [0.25, 0.3) is 0 Å². The van der Waals surface area contributed by atoms with Gasteiger partial charge < -0.3 is 24.8 Å². The standard InChI is InChI=1S/C24H32FN3O3.HI/c1-18(31-22-7-5-4-6-21(22)25)16-27-23(26-2)28-17-24(12-14-30-15-13-24)19-8-10-20(29-3)11-9-19;/h4-11,18H,12-17H2,1-3H3,(H2,26,27,28);1H. The summed E-state index contributed by atoms with van der Waals surface area (Å²) in [6, 6.07) is 14.7. The second-order valence-corrected chi connectivity index (χ2v) is 7.79. The third kappa shape index (κ3) is 6.96. The lowest BCUT2D eigenvalue weighted by atomic mass is 9.74. The highest BCUT2D eigenvalue weighted by molar-refractivity contribution is 14.0. The van der Waals surface area contributed by atoms with Gasteiger partial charge in [0.1, 0.15) is 11.9 Å². The van der Waals surface area contributed by atoms with Crippen LogP contribution in [0.4, 0.5) is 4.39 Å². The van der Waals surface area contributed by atoms with Crippen molar-refractivity contribution in [2.45, 2.75) is 31.3 Å². The fraction of sp³-hybridized carbons (Fsp3) is 0.458. The zero-order valence-corrected chi connectivity index (χ0v) is 21.2. The average Bonchev–Trinajstić information content (AvgIpc) is 2.81. The molecule has 0 radical (unpaired) electrons. The number of methoxy groups -OCH3 is 1. The Morgan fingerprint density at radius 2 is 1.81 bits per heavy atom. The van der Waals surface area contributed by atoms with Crippen molar-refractivity contribution in [3.63, 3.8) is 0 Å². The number of hydrogen-bond donors (Lipinski definition) is 2. The number of hydrogen-bond acceptors (Lipinski definition) is 4. The number of benzene rings is 2. The van der Waals surface area contributed by atoms with E-state index in [1.165, 1.54) is 11.6 Å². The van der Waals surface area contributed by atoms with Gasteiger partial charge in [0.05, 0.1) is 13.7 Å². The summed E-state index contributed by atoms with van der Waals surface area (Å²) in [5.74, 6) is 1.42. The van der Waals surface area contributed by atoms with E-state index in [0.717, 1.165) is 38.3 Å². The van der Waals surface area contributed by atoms with E-state index < -0.39 is 0 Å². The first-order valence-corrected chi connectivity index (χ1v) is 10.6. The molecule has 1 aliphatic rings. The Bertz CT molecular complexity index is 858. The highest BCUT2D eigenvalue weighted by atomic mass is 127. The van der Waals surface area contributed by atoms with E-state index in [1.807, 2.05) is 19.1 Å². The van der Waals surface area contributed by atoms with Crippen LogP contribution in [-0.2, 0) is 10.2 Å². The lowest BCUT2D eigenvalue weighted by Gasteiger charge is -2.38. The molecular formula is C24H33FIN3O3. The van der Waals surface area contributed by atoms with E-state index in [4.69, 9.17) is 14.2 Å². The van der Waals surface area contributed by atoms with Crippen molar-refractivity contribution < 1.29 is 18.6 Å². The van der Waals surface area contributed by atoms with Crippen LogP contribution in [0.3, 0.4) is 0 Å². The monoisotopic (exact) mass is 557 g/mol. The number of halogens is 2. The first-order valence-electron chi connectivity index (χ1n) is 10.6. The molecule has 8 heteroatoms. The zero-order chi connectivity index (χ0) is 22.1. The molecule has 3 rings (SSSR count). The van der Waals surface area contributed by atoms with Crippen molar-refractivity contribution >= 4 is 29.9 Å². The van der Waals surface area contributed by atoms with E-state index in [1.54, 1.807) is 32.4 Å². The number of guanidine groups is 1. The first kappa shape index (κ1) is 26.2. The molecular weight excluding hydrogens is 524 g/mol. The van der Waals surface area contributed by atoms with Gasteiger partial charge in [0.15, 0.2) is 17.5 Å². The third-order valence-electron chi connectivity index (χ3n) is 5.69. The second-order valence-electron chi connectivity index (χ2n) is 7.79. The molecule has 0 aromatic heterocycles. The third-order valence-corrected chi connectivity index (χ3v) is 5.69. The SMILES string of the molecule is CN=C(NCC(C)Oc1ccccc1F)NCC1(c2ccc(OC)cc2)CCOCC1.I. The molecule has 1 unspecified atom stereocenters. The predicted octanol–water partition coefficient (Wildman–Crippen LogP) is 4.13. The number of para-hydroxylation sites is 1. The van der Waals surface area contributed by atoms with Crippen molar-refractivity contribution in [1.29, 1.82) is 0 Å². The van der Waals surface area contributed by atoms with Gasteiger partial charge in [-0.05, 0) is 49.6 Å². The fourth-order valence-corrected chi connectivity index (χ4v) is 3.79. The van der Waals surface area contributed by atoms with Crippen molar-refractivity contribution in [3.05, 3.63) is 59.9 Å². The Hall–Kier alpha value is -2.07. The second kappa shape index (κ2) is 12.8. The Morgan fingerprint density at radius 1 is 1.12 bits per heavy atom. The molecule has 1 saturated heterocycles. The Balaban J connectivity index is 0.00000363. The van der Waals surface area contributed by atoms with Gasteiger partial charge in [0.2, 0.25) is 0 Å². The molecule has 1 heterocycles. The van der Waals surface area contributed by atoms with Crippen LogP contribution in [0.1, 0.15) is 25.3 Å². The summed E-state index contributed by atoms with van der Waals surface area (Å²) in [6.07, 6.45) is 1.63. The van der Waals surface area contributed by atoms with Crippen LogP contribution < -0.4 is 20.1 Å². The van der Waals surface area contributed by atoms with Gasteiger partial charge in [0, 0.05) is 32.2 Å². The molecule has 2 aromatic carbocycles. The lowest BCUT2D eigenvalue weighted by Crippen LogP contribution is -2.49. The van der Waals surface area contributed by atoms with E-state index >= 15 is 0 Å². The van der Waals surface area contributed by atoms with E-state index in [-0.39, 0.29) is 47.1 Å². The molecule has 0 spiro atoms. The quantitative estimate of drug-likeness (QED) is 0.291. The maximum Gasteiger partial charge on any atom is 0.191 e. The van der Waals surface area contributed by atoms with Crippen molar-refractivity contribution in [2.75, 3.05) is 40.5 Å². The molecule has 176 valence electrons. The fourth-order valence-electron chi connectivity index (χ4n) is 3.79. The molecule has 2 aromatic rings. The number of ether oxygens (including phenoxy) is 3. The molecule has 1 fully saturated rings. The molecule has 0 aliphatic carbocycles. The normalized spacial score (nSPS) is 16.4. The molecule has 6 nitrogen and oxygen atoms in total. The van der Waals surface area contributed by atoms with Gasteiger partial charge in [0.25, 0.3) is 0 Å². The minimum atomic E-state index is -0.363. The topological polar surface area (TPSA) is 64.1 Å². The van der Waals surface area contributed by atoms with Crippen LogP contribution in [0.2, 0.25) is 0 Å². The van der Waals surface area contributed by atoms with Crippen molar-refractivity contribution in [3.8, 4) is 11.5 Å². The summed E-state index contributed by atoms with van der Waals surface area (Å²) in [7, 11) is 3.41. The summed E-state index contributed by atoms with van der Waals surface area (Å²) in [6.45, 7) is 4.57. The van der Waals surface area contributed by atoms with Crippen LogP contribution in [0.5, 0.6) is 11.5 Å². The van der Waals surface area contributed by atoms with Crippen LogP contribution in [0, 0.1) is 5.82 Å². The molecule has 1 aliphatic heterocycles. The average molecular weight is 557 g/mol. The largest absolute Gasteiger partial charge is 0.497 e. The zero-order valence-electron chi connectivity index (χ0n) is 18.9. The van der Waals surface area contributed by atoms with E-state index in [0.29, 0.717) is 12.5 Å². The summed E-state index contributed by atoms with van der Waals surface area (Å²) in [5.41, 5.74) is 1.22. The van der Waals surface area contributed by atoms with Gasteiger partial charge in [-0.1, -0.05) is 24.3 Å². The smallest absolute Gasteiger partial charge is 0.191 e. The van der Waals surface area contributed by atoms with Crippen molar-refractivity contribution in [1.82, 2.24) is 10.6 Å². The van der Waals surface area contributed by atoms with E-state index in [9.17, 15) is 4.39 Å². The number of nitrogens with one attached hydrogen (secondary N) is 2. The maximum absolute atomic E-state index is 13.8.